The van der Waals surface area contributed by atoms with E-state index in [0.717, 1.165) is 5.58 Å². The molecule has 2 heteroatoms. The third-order valence-electron chi connectivity index (χ3n) is 2.07. The average Bonchev–Trinajstić information content (AvgIpc) is 2.48. The van der Waals surface area contributed by atoms with Gasteiger partial charge in [-0.15, -0.1) is 0 Å². The Labute approximate surface area is 84.9 Å². The van der Waals surface area contributed by atoms with E-state index < -0.39 is 0 Å². The maximum Gasteiger partial charge on any atom is 0.147 e. The fraction of sp³-hybridized carbons (Fsp3) is 0.200. The third kappa shape index (κ3) is 1.05. The lowest BCUT2D eigenvalue weighted by molar-refractivity contribution is 0.613. The second kappa shape index (κ2) is 2.76. The molecule has 0 saturated heterocycles. The second-order valence-electron chi connectivity index (χ2n) is 2.99. The normalized spacial score (nSPS) is 10.9. The summed E-state index contributed by atoms with van der Waals surface area (Å²) in [5, 5.41) is 1.23. The molecule has 0 N–H and O–H groups in total. The highest BCUT2D eigenvalue weighted by molar-refractivity contribution is 14.1. The molecule has 0 spiro atoms. The van der Waals surface area contributed by atoms with Gasteiger partial charge in [0, 0.05) is 5.39 Å². The van der Waals surface area contributed by atoms with Crippen molar-refractivity contribution in [2.24, 2.45) is 0 Å². The van der Waals surface area contributed by atoms with Crippen LogP contribution in [0.25, 0.3) is 11.0 Å². The van der Waals surface area contributed by atoms with E-state index in [1.54, 1.807) is 6.26 Å². The van der Waals surface area contributed by atoms with Crippen LogP contribution in [0.4, 0.5) is 0 Å². The molecule has 1 aromatic carbocycles. The number of hydrogen-bond donors (Lipinski definition) is 0. The SMILES string of the molecule is Cc1cc(C)c2ccoc2c1I. The Morgan fingerprint density at radius 3 is 2.75 bits per heavy atom. The van der Waals surface area contributed by atoms with Crippen molar-refractivity contribution < 1.29 is 4.42 Å². The van der Waals surface area contributed by atoms with Gasteiger partial charge in [0.25, 0.3) is 0 Å². The fourth-order valence-corrected chi connectivity index (χ4v) is 2.01. The smallest absolute Gasteiger partial charge is 0.147 e. The quantitative estimate of drug-likeness (QED) is 0.667. The van der Waals surface area contributed by atoms with Gasteiger partial charge in [-0.1, -0.05) is 6.07 Å². The molecule has 1 heterocycles. The molecule has 1 nitrogen and oxygen atoms in total. The zero-order valence-electron chi connectivity index (χ0n) is 7.02. The van der Waals surface area contributed by atoms with Crippen LogP contribution in [-0.4, -0.2) is 0 Å². The molecule has 0 amide bonds. The zero-order chi connectivity index (χ0) is 8.72. The number of rotatable bonds is 0. The van der Waals surface area contributed by atoms with E-state index in [0.29, 0.717) is 0 Å². The number of hydrogen-bond acceptors (Lipinski definition) is 1. The number of aryl methyl sites for hydroxylation is 2. The van der Waals surface area contributed by atoms with E-state index >= 15 is 0 Å². The summed E-state index contributed by atoms with van der Waals surface area (Å²) in [5.74, 6) is 0. The molecule has 0 saturated carbocycles. The van der Waals surface area contributed by atoms with E-state index in [2.05, 4.69) is 42.5 Å². The lowest BCUT2D eigenvalue weighted by Crippen LogP contribution is -1.83. The first-order chi connectivity index (χ1) is 5.70. The Balaban J connectivity index is 2.97. The number of fused-ring (bicyclic) bond motifs is 1. The van der Waals surface area contributed by atoms with Crippen LogP contribution in [0.2, 0.25) is 0 Å². The predicted octanol–water partition coefficient (Wildman–Crippen LogP) is 3.65. The van der Waals surface area contributed by atoms with E-state index in [4.69, 9.17) is 4.42 Å². The minimum atomic E-state index is 1.02. The van der Waals surface area contributed by atoms with Gasteiger partial charge in [0.1, 0.15) is 5.58 Å². The molecule has 12 heavy (non-hydrogen) atoms. The van der Waals surface area contributed by atoms with Crippen molar-refractivity contribution >= 4 is 33.6 Å². The van der Waals surface area contributed by atoms with Crippen LogP contribution < -0.4 is 0 Å². The highest BCUT2D eigenvalue weighted by Crippen LogP contribution is 2.27. The molecule has 2 aromatic rings. The van der Waals surface area contributed by atoms with Crippen molar-refractivity contribution in [3.63, 3.8) is 0 Å². The number of furan rings is 1. The van der Waals surface area contributed by atoms with Crippen molar-refractivity contribution in [1.82, 2.24) is 0 Å². The molecule has 0 aliphatic carbocycles. The molecule has 0 unspecified atom stereocenters. The topological polar surface area (TPSA) is 13.1 Å². The Kier molecular flexibility index (Phi) is 1.87. The van der Waals surface area contributed by atoms with Crippen LogP contribution in [0.1, 0.15) is 11.1 Å². The Morgan fingerprint density at radius 2 is 2.00 bits per heavy atom. The second-order valence-corrected chi connectivity index (χ2v) is 4.07. The van der Waals surface area contributed by atoms with Crippen molar-refractivity contribution in [1.29, 1.82) is 0 Å². The lowest BCUT2D eigenvalue weighted by atomic mass is 10.1. The average molecular weight is 272 g/mol. The molecule has 0 bridgehead atoms. The van der Waals surface area contributed by atoms with Gasteiger partial charge >= 0.3 is 0 Å². The van der Waals surface area contributed by atoms with Crippen molar-refractivity contribution in [3.05, 3.63) is 33.1 Å². The molecule has 0 aliphatic heterocycles. The first-order valence-electron chi connectivity index (χ1n) is 3.83. The summed E-state index contributed by atoms with van der Waals surface area (Å²) in [5.41, 5.74) is 3.60. The molecule has 0 radical (unpaired) electrons. The minimum Gasteiger partial charge on any atom is -0.463 e. The molecule has 0 aliphatic rings. The molecule has 0 atom stereocenters. The van der Waals surface area contributed by atoms with Gasteiger partial charge in [0.05, 0.1) is 9.83 Å². The maximum atomic E-state index is 5.40. The summed E-state index contributed by atoms with van der Waals surface area (Å²) in [6.07, 6.45) is 1.75. The van der Waals surface area contributed by atoms with Crippen LogP contribution in [0, 0.1) is 17.4 Å². The highest BCUT2D eigenvalue weighted by atomic mass is 127. The summed E-state index contributed by atoms with van der Waals surface area (Å²) in [6.45, 7) is 4.22. The lowest BCUT2D eigenvalue weighted by Gasteiger charge is -2.01. The van der Waals surface area contributed by atoms with Crippen molar-refractivity contribution in [3.8, 4) is 0 Å². The molecular weight excluding hydrogens is 263 g/mol. The Morgan fingerprint density at radius 1 is 1.25 bits per heavy atom. The van der Waals surface area contributed by atoms with Gasteiger partial charge in [-0.05, 0) is 53.6 Å². The number of halogens is 1. The predicted molar refractivity (Wildman–Crippen MR) is 58.4 cm³/mol. The Bertz CT molecular complexity index is 429. The summed E-state index contributed by atoms with van der Waals surface area (Å²) >= 11 is 2.32. The van der Waals surface area contributed by atoms with Gasteiger partial charge in [-0.3, -0.25) is 0 Å². The van der Waals surface area contributed by atoms with E-state index in [9.17, 15) is 0 Å². The molecule has 1 aromatic heterocycles. The molecular formula is C10H9IO. The third-order valence-corrected chi connectivity index (χ3v) is 3.41. The van der Waals surface area contributed by atoms with E-state index in [1.807, 2.05) is 6.07 Å². The van der Waals surface area contributed by atoms with Crippen LogP contribution in [0.15, 0.2) is 22.8 Å². The minimum absolute atomic E-state index is 1.02. The van der Waals surface area contributed by atoms with Gasteiger partial charge < -0.3 is 4.42 Å². The van der Waals surface area contributed by atoms with Gasteiger partial charge in [-0.25, -0.2) is 0 Å². The monoisotopic (exact) mass is 272 g/mol. The summed E-state index contributed by atoms with van der Waals surface area (Å²) in [4.78, 5) is 0. The first kappa shape index (κ1) is 8.10. The fourth-order valence-electron chi connectivity index (χ4n) is 1.43. The van der Waals surface area contributed by atoms with E-state index in [-0.39, 0.29) is 0 Å². The summed E-state index contributed by atoms with van der Waals surface area (Å²) in [6, 6.07) is 4.21. The van der Waals surface area contributed by atoms with Gasteiger partial charge in [0.15, 0.2) is 0 Å². The van der Waals surface area contributed by atoms with Gasteiger partial charge in [0.2, 0.25) is 0 Å². The van der Waals surface area contributed by atoms with Crippen LogP contribution in [0.3, 0.4) is 0 Å². The molecule has 2 rings (SSSR count). The van der Waals surface area contributed by atoms with Crippen LogP contribution in [0.5, 0.6) is 0 Å². The van der Waals surface area contributed by atoms with Crippen LogP contribution >= 0.6 is 22.6 Å². The Hall–Kier alpha value is -0.510. The summed E-state index contributed by atoms with van der Waals surface area (Å²) < 4.78 is 6.62. The summed E-state index contributed by atoms with van der Waals surface area (Å²) in [7, 11) is 0. The molecule has 0 fully saturated rings. The zero-order valence-corrected chi connectivity index (χ0v) is 9.18. The molecule has 62 valence electrons. The van der Waals surface area contributed by atoms with Crippen molar-refractivity contribution in [2.75, 3.05) is 0 Å². The van der Waals surface area contributed by atoms with Gasteiger partial charge in [-0.2, -0.15) is 0 Å². The van der Waals surface area contributed by atoms with Crippen molar-refractivity contribution in [2.45, 2.75) is 13.8 Å². The largest absolute Gasteiger partial charge is 0.463 e. The van der Waals surface area contributed by atoms with Crippen LogP contribution in [-0.2, 0) is 0 Å². The first-order valence-corrected chi connectivity index (χ1v) is 4.91. The standard InChI is InChI=1S/C10H9IO/c1-6-5-7(2)9(11)10-8(6)3-4-12-10/h3-5H,1-2H3. The van der Waals surface area contributed by atoms with E-state index in [1.165, 1.54) is 20.1 Å². The highest BCUT2D eigenvalue weighted by Gasteiger charge is 2.06. The maximum absolute atomic E-state index is 5.40. The number of benzene rings is 1.